The summed E-state index contributed by atoms with van der Waals surface area (Å²) >= 11 is 1.35. The number of amides is 1. The zero-order valence-electron chi connectivity index (χ0n) is 14.1. The maximum atomic E-state index is 12.9. The van der Waals surface area contributed by atoms with Crippen LogP contribution in [0.5, 0.6) is 0 Å². The normalized spacial score (nSPS) is 12.4. The van der Waals surface area contributed by atoms with Crippen LogP contribution in [0, 0.1) is 20.8 Å². The van der Waals surface area contributed by atoms with Gasteiger partial charge in [-0.1, -0.05) is 6.92 Å². The molecule has 1 N–H and O–H groups in total. The van der Waals surface area contributed by atoms with Crippen molar-refractivity contribution in [3.05, 3.63) is 27.8 Å². The molecule has 0 aromatic carbocycles. The molecule has 2 aromatic rings. The van der Waals surface area contributed by atoms with E-state index in [0.717, 1.165) is 27.0 Å². The van der Waals surface area contributed by atoms with Gasteiger partial charge in [0.1, 0.15) is 11.4 Å². The number of aryl methyl sites for hydroxylation is 3. The molecule has 2 heterocycles. The minimum Gasteiger partial charge on any atom is -0.480 e. The van der Waals surface area contributed by atoms with Crippen molar-refractivity contribution >= 4 is 33.4 Å². The van der Waals surface area contributed by atoms with E-state index in [0.29, 0.717) is 11.3 Å². The average molecular weight is 334 g/mol. The highest BCUT2D eigenvalue weighted by molar-refractivity contribution is 7.20. The first kappa shape index (κ1) is 17.4. The van der Waals surface area contributed by atoms with Gasteiger partial charge >= 0.3 is 5.97 Å². The van der Waals surface area contributed by atoms with E-state index in [1.165, 1.54) is 16.2 Å². The quantitative estimate of drug-likeness (QED) is 0.908. The number of thiophene rings is 1. The lowest BCUT2D eigenvalue weighted by molar-refractivity contribution is -0.138. The third-order valence-corrected chi connectivity index (χ3v) is 5.28. The monoisotopic (exact) mass is 334 g/mol. The van der Waals surface area contributed by atoms with Gasteiger partial charge in [-0.3, -0.25) is 9.59 Å². The first-order chi connectivity index (χ1) is 10.8. The van der Waals surface area contributed by atoms with Gasteiger partial charge in [0.05, 0.1) is 4.88 Å². The second-order valence-electron chi connectivity index (χ2n) is 5.90. The standard InChI is InChI=1S/C17H22N2O3S/c1-6-11(4)19(8-13(20)21)17(22)15-12(5)14-9(2)7-10(3)18-16(14)23-15/h7,11H,6,8H2,1-5H3,(H,20,21)/t11-/m0/s1. The first-order valence-electron chi connectivity index (χ1n) is 7.66. The lowest BCUT2D eigenvalue weighted by Gasteiger charge is -2.26. The summed E-state index contributed by atoms with van der Waals surface area (Å²) < 4.78 is 0. The SMILES string of the molecule is CC[C@H](C)N(CC(=O)O)C(=O)c1sc2nc(C)cc(C)c2c1C. The van der Waals surface area contributed by atoms with Crippen LogP contribution in [0.2, 0.25) is 0 Å². The van der Waals surface area contributed by atoms with Gasteiger partial charge in [-0.15, -0.1) is 11.3 Å². The summed E-state index contributed by atoms with van der Waals surface area (Å²) in [4.78, 5) is 31.4. The van der Waals surface area contributed by atoms with Crippen molar-refractivity contribution in [2.45, 2.75) is 47.1 Å². The van der Waals surface area contributed by atoms with Crippen LogP contribution in [-0.4, -0.2) is 39.5 Å². The van der Waals surface area contributed by atoms with E-state index < -0.39 is 5.97 Å². The summed E-state index contributed by atoms with van der Waals surface area (Å²) in [6.07, 6.45) is 0.708. The van der Waals surface area contributed by atoms with E-state index in [1.807, 2.05) is 40.7 Å². The predicted molar refractivity (Wildman–Crippen MR) is 92.3 cm³/mol. The second kappa shape index (κ2) is 6.66. The molecule has 0 aliphatic heterocycles. The number of pyridine rings is 1. The smallest absolute Gasteiger partial charge is 0.323 e. The first-order valence-corrected chi connectivity index (χ1v) is 8.48. The maximum Gasteiger partial charge on any atom is 0.323 e. The third-order valence-electron chi connectivity index (χ3n) is 4.11. The van der Waals surface area contributed by atoms with E-state index in [-0.39, 0.29) is 18.5 Å². The summed E-state index contributed by atoms with van der Waals surface area (Å²) in [7, 11) is 0. The van der Waals surface area contributed by atoms with Crippen molar-refractivity contribution in [1.29, 1.82) is 0 Å². The van der Waals surface area contributed by atoms with Crippen molar-refractivity contribution in [2.24, 2.45) is 0 Å². The van der Waals surface area contributed by atoms with Gasteiger partial charge in [-0.2, -0.15) is 0 Å². The highest BCUT2D eigenvalue weighted by atomic mass is 32.1. The maximum absolute atomic E-state index is 12.9. The minimum absolute atomic E-state index is 0.126. The van der Waals surface area contributed by atoms with Gasteiger partial charge in [0.2, 0.25) is 0 Å². The fourth-order valence-corrected chi connectivity index (χ4v) is 4.01. The predicted octanol–water partition coefficient (Wildman–Crippen LogP) is 3.55. The molecule has 2 aromatic heterocycles. The molecule has 124 valence electrons. The van der Waals surface area contributed by atoms with Crippen molar-refractivity contribution in [3.63, 3.8) is 0 Å². The van der Waals surface area contributed by atoms with Crippen LogP contribution in [0.1, 0.15) is 46.8 Å². The lowest BCUT2D eigenvalue weighted by Crippen LogP contribution is -2.41. The average Bonchev–Trinajstić information content (AvgIpc) is 2.80. The molecule has 1 amide bonds. The fourth-order valence-electron chi connectivity index (χ4n) is 2.75. The van der Waals surface area contributed by atoms with Gasteiger partial charge in [-0.05, 0) is 51.3 Å². The van der Waals surface area contributed by atoms with Gasteiger partial charge in [-0.25, -0.2) is 4.98 Å². The van der Waals surface area contributed by atoms with Crippen LogP contribution in [0.4, 0.5) is 0 Å². The summed E-state index contributed by atoms with van der Waals surface area (Å²) in [6, 6.07) is 1.87. The van der Waals surface area contributed by atoms with Crippen molar-refractivity contribution in [3.8, 4) is 0 Å². The Hall–Kier alpha value is -1.95. The number of hydrogen-bond acceptors (Lipinski definition) is 4. The topological polar surface area (TPSA) is 70.5 Å². The van der Waals surface area contributed by atoms with E-state index >= 15 is 0 Å². The molecule has 1 atom stereocenters. The molecule has 0 saturated carbocycles. The Bertz CT molecular complexity index is 767. The van der Waals surface area contributed by atoms with Crippen LogP contribution >= 0.6 is 11.3 Å². The molecule has 0 radical (unpaired) electrons. The molecular formula is C17H22N2O3S. The number of carboxylic acid groups (broad SMARTS) is 1. The van der Waals surface area contributed by atoms with E-state index in [1.54, 1.807) is 0 Å². The number of rotatable bonds is 5. The Kier molecular flexibility index (Phi) is 5.04. The molecule has 23 heavy (non-hydrogen) atoms. The Morgan fingerprint density at radius 3 is 2.57 bits per heavy atom. The lowest BCUT2D eigenvalue weighted by atomic mass is 10.1. The molecule has 0 fully saturated rings. The van der Waals surface area contributed by atoms with Crippen molar-refractivity contribution in [1.82, 2.24) is 9.88 Å². The number of nitrogens with zero attached hydrogens (tertiary/aromatic N) is 2. The van der Waals surface area contributed by atoms with E-state index in [4.69, 9.17) is 5.11 Å². The van der Waals surface area contributed by atoms with Crippen LogP contribution in [-0.2, 0) is 4.79 Å². The van der Waals surface area contributed by atoms with Crippen LogP contribution < -0.4 is 0 Å². The molecule has 0 unspecified atom stereocenters. The van der Waals surface area contributed by atoms with Crippen molar-refractivity contribution in [2.75, 3.05) is 6.54 Å². The molecule has 0 bridgehead atoms. The summed E-state index contributed by atoms with van der Waals surface area (Å²) in [5, 5.41) is 10.1. The zero-order chi connectivity index (χ0) is 17.3. The molecule has 2 rings (SSSR count). The Balaban J connectivity index is 2.53. The van der Waals surface area contributed by atoms with E-state index in [2.05, 4.69) is 4.98 Å². The molecular weight excluding hydrogens is 312 g/mol. The highest BCUT2D eigenvalue weighted by Gasteiger charge is 2.27. The number of carbonyl (C=O) groups excluding carboxylic acids is 1. The highest BCUT2D eigenvalue weighted by Crippen LogP contribution is 2.33. The Morgan fingerprint density at radius 1 is 1.35 bits per heavy atom. The van der Waals surface area contributed by atoms with E-state index in [9.17, 15) is 9.59 Å². The van der Waals surface area contributed by atoms with Gasteiger partial charge in [0.15, 0.2) is 0 Å². The minimum atomic E-state index is -0.998. The number of carboxylic acids is 1. The molecule has 0 saturated heterocycles. The van der Waals surface area contributed by atoms with Crippen molar-refractivity contribution < 1.29 is 14.7 Å². The molecule has 0 aliphatic carbocycles. The number of carbonyl (C=O) groups is 2. The van der Waals surface area contributed by atoms with Crippen LogP contribution in [0.15, 0.2) is 6.07 Å². The number of fused-ring (bicyclic) bond motifs is 1. The second-order valence-corrected chi connectivity index (χ2v) is 6.90. The number of aromatic nitrogens is 1. The number of aliphatic carboxylic acids is 1. The zero-order valence-corrected chi connectivity index (χ0v) is 15.0. The third kappa shape index (κ3) is 3.37. The summed E-state index contributed by atoms with van der Waals surface area (Å²) in [5.41, 5.74) is 2.90. The summed E-state index contributed by atoms with van der Waals surface area (Å²) in [6.45, 7) is 9.38. The molecule has 0 spiro atoms. The van der Waals surface area contributed by atoms with Gasteiger partial charge in [0.25, 0.3) is 5.91 Å². The van der Waals surface area contributed by atoms with Gasteiger partial charge < -0.3 is 10.0 Å². The van der Waals surface area contributed by atoms with Crippen LogP contribution in [0.25, 0.3) is 10.2 Å². The van der Waals surface area contributed by atoms with Gasteiger partial charge in [0, 0.05) is 17.1 Å². The molecule has 0 aliphatic rings. The van der Waals surface area contributed by atoms with Crippen LogP contribution in [0.3, 0.4) is 0 Å². The Morgan fingerprint density at radius 2 is 2.00 bits per heavy atom. The molecule has 6 heteroatoms. The summed E-state index contributed by atoms with van der Waals surface area (Å²) in [5.74, 6) is -1.22. The Labute approximate surface area is 139 Å². The molecule has 5 nitrogen and oxygen atoms in total. The fraction of sp³-hybridized carbons (Fsp3) is 0.471. The largest absolute Gasteiger partial charge is 0.480 e. The number of hydrogen-bond donors (Lipinski definition) is 1.